The summed E-state index contributed by atoms with van der Waals surface area (Å²) in [4.78, 5) is 23.5. The van der Waals surface area contributed by atoms with Crippen LogP contribution in [0.5, 0.6) is 0 Å². The summed E-state index contributed by atoms with van der Waals surface area (Å²) in [5.74, 6) is 1.08. The number of amides is 2. The molecule has 0 spiro atoms. The van der Waals surface area contributed by atoms with Crippen molar-refractivity contribution in [2.45, 2.75) is 45.9 Å². The molecule has 0 saturated heterocycles. The van der Waals surface area contributed by atoms with E-state index in [9.17, 15) is 9.59 Å². The molecule has 0 aliphatic heterocycles. The summed E-state index contributed by atoms with van der Waals surface area (Å²) >= 11 is 0. The molecule has 5 rings (SSSR count). The summed E-state index contributed by atoms with van der Waals surface area (Å²) in [6, 6.07) is 22.8. The van der Waals surface area contributed by atoms with E-state index in [2.05, 4.69) is 70.0 Å². The van der Waals surface area contributed by atoms with Crippen LogP contribution in [0, 0.1) is 0 Å². The first kappa shape index (κ1) is 23.6. The van der Waals surface area contributed by atoms with Crippen LogP contribution in [0.15, 0.2) is 66.7 Å². The van der Waals surface area contributed by atoms with Gasteiger partial charge in [-0.05, 0) is 53.8 Å². The molecule has 2 amide bonds. The second-order valence-corrected chi connectivity index (χ2v) is 8.91. The van der Waals surface area contributed by atoms with Crippen molar-refractivity contribution in [3.05, 3.63) is 89.2 Å². The van der Waals surface area contributed by atoms with E-state index in [1.54, 1.807) is 0 Å². The van der Waals surface area contributed by atoms with E-state index in [0.29, 0.717) is 19.7 Å². The normalized spacial score (nSPS) is 12.3. The van der Waals surface area contributed by atoms with Gasteiger partial charge in [0.15, 0.2) is 11.0 Å². The van der Waals surface area contributed by atoms with Gasteiger partial charge in [-0.25, -0.2) is 13.9 Å². The minimum atomic E-state index is -0.428. The van der Waals surface area contributed by atoms with Crippen molar-refractivity contribution in [3.8, 4) is 11.1 Å². The van der Waals surface area contributed by atoms with E-state index in [0.717, 1.165) is 41.9 Å². The SMILES string of the molecule is CCn1c(CNC=O)[n+](CC)c2ccc(CNC(=O)OCC3c4ccccc4-c4ccccc43)cc21. The number of ether oxygens (including phenoxy) is 1. The summed E-state index contributed by atoms with van der Waals surface area (Å²) < 4.78 is 10.1. The Morgan fingerprint density at radius 1 is 1.00 bits per heavy atom. The van der Waals surface area contributed by atoms with Crippen molar-refractivity contribution >= 4 is 23.5 Å². The van der Waals surface area contributed by atoms with Gasteiger partial charge in [-0.1, -0.05) is 54.6 Å². The van der Waals surface area contributed by atoms with Crippen molar-refractivity contribution in [3.63, 3.8) is 0 Å². The second-order valence-electron chi connectivity index (χ2n) is 8.91. The van der Waals surface area contributed by atoms with E-state index in [4.69, 9.17) is 4.74 Å². The Hall–Kier alpha value is -4.13. The lowest BCUT2D eigenvalue weighted by Crippen LogP contribution is -2.39. The molecule has 184 valence electrons. The maximum atomic E-state index is 12.6. The van der Waals surface area contributed by atoms with Gasteiger partial charge in [-0.3, -0.25) is 4.79 Å². The topological polar surface area (TPSA) is 76.2 Å². The predicted molar refractivity (Wildman–Crippen MR) is 138 cm³/mol. The van der Waals surface area contributed by atoms with Gasteiger partial charge in [0.25, 0.3) is 5.82 Å². The third kappa shape index (κ3) is 4.21. The second kappa shape index (κ2) is 10.2. The first-order valence-electron chi connectivity index (χ1n) is 12.5. The lowest BCUT2D eigenvalue weighted by atomic mass is 9.98. The van der Waals surface area contributed by atoms with Gasteiger partial charge in [0, 0.05) is 12.5 Å². The highest BCUT2D eigenvalue weighted by atomic mass is 16.5. The van der Waals surface area contributed by atoms with E-state index in [1.165, 1.54) is 22.3 Å². The monoisotopic (exact) mass is 483 g/mol. The first-order chi connectivity index (χ1) is 17.7. The van der Waals surface area contributed by atoms with Crippen molar-refractivity contribution < 1.29 is 18.9 Å². The number of aromatic nitrogens is 2. The number of hydrogen-bond acceptors (Lipinski definition) is 3. The molecular weight excluding hydrogens is 452 g/mol. The van der Waals surface area contributed by atoms with Crippen LogP contribution in [0.25, 0.3) is 22.2 Å². The number of nitrogens with zero attached hydrogens (tertiary/aromatic N) is 2. The van der Waals surface area contributed by atoms with Crippen LogP contribution in [0.3, 0.4) is 0 Å². The Kier molecular flexibility index (Phi) is 6.71. The number of nitrogens with one attached hydrogen (secondary N) is 2. The highest BCUT2D eigenvalue weighted by Crippen LogP contribution is 2.44. The Morgan fingerprint density at radius 3 is 2.33 bits per heavy atom. The van der Waals surface area contributed by atoms with Crippen LogP contribution in [0.4, 0.5) is 4.79 Å². The summed E-state index contributed by atoms with van der Waals surface area (Å²) in [6.07, 6.45) is 0.295. The number of carbonyl (C=O) groups excluding carboxylic acids is 2. The maximum absolute atomic E-state index is 12.6. The zero-order chi connectivity index (χ0) is 25.1. The van der Waals surface area contributed by atoms with Crippen LogP contribution in [0.2, 0.25) is 0 Å². The summed E-state index contributed by atoms with van der Waals surface area (Å²) in [5.41, 5.74) is 7.98. The zero-order valence-corrected chi connectivity index (χ0v) is 20.7. The van der Waals surface area contributed by atoms with Crippen molar-refractivity contribution in [2.24, 2.45) is 0 Å². The quantitative estimate of drug-likeness (QED) is 0.276. The minimum Gasteiger partial charge on any atom is -0.449 e. The number of rotatable bonds is 9. The number of benzene rings is 3. The number of imidazole rings is 1. The van der Waals surface area contributed by atoms with Crippen LogP contribution < -0.4 is 15.2 Å². The molecule has 4 aromatic rings. The highest BCUT2D eigenvalue weighted by Gasteiger charge is 2.29. The molecular formula is C29H31N4O3+. The maximum Gasteiger partial charge on any atom is 0.407 e. The molecule has 0 unspecified atom stereocenters. The molecule has 2 N–H and O–H groups in total. The predicted octanol–water partition coefficient (Wildman–Crippen LogP) is 4.25. The number of aryl methyl sites for hydroxylation is 2. The summed E-state index contributed by atoms with van der Waals surface area (Å²) in [5, 5.41) is 5.69. The molecule has 3 aromatic carbocycles. The molecule has 0 saturated carbocycles. The van der Waals surface area contributed by atoms with Crippen molar-refractivity contribution in [2.75, 3.05) is 6.61 Å². The molecule has 0 atom stereocenters. The fraction of sp³-hybridized carbons (Fsp3) is 0.276. The van der Waals surface area contributed by atoms with E-state index < -0.39 is 6.09 Å². The third-order valence-corrected chi connectivity index (χ3v) is 7.00. The van der Waals surface area contributed by atoms with E-state index in [-0.39, 0.29) is 5.92 Å². The number of alkyl carbamates (subject to hydrolysis) is 1. The number of carbonyl (C=O) groups is 2. The fourth-order valence-corrected chi connectivity index (χ4v) is 5.40. The van der Waals surface area contributed by atoms with Gasteiger partial charge < -0.3 is 15.4 Å². The van der Waals surface area contributed by atoms with Gasteiger partial charge in [0.1, 0.15) is 13.2 Å². The van der Waals surface area contributed by atoms with Gasteiger partial charge in [-0.15, -0.1) is 0 Å². The Bertz CT molecular complexity index is 1380. The number of hydrogen-bond donors (Lipinski definition) is 2. The summed E-state index contributed by atoms with van der Waals surface area (Å²) in [6.45, 7) is 6.89. The largest absolute Gasteiger partial charge is 0.449 e. The molecule has 1 aliphatic rings. The molecule has 7 heteroatoms. The Morgan fingerprint density at radius 2 is 1.69 bits per heavy atom. The van der Waals surface area contributed by atoms with Crippen LogP contribution in [-0.4, -0.2) is 23.7 Å². The van der Waals surface area contributed by atoms with Gasteiger partial charge in [-0.2, -0.15) is 0 Å². The standard InChI is InChI=1S/C29H30N4O3/c1-3-32-26-14-13-20(15-27(26)33(4-2)28(32)17-30-19-34)16-31-29(35)36-18-25-23-11-7-5-9-21(23)22-10-6-8-12-24(22)25/h5-15,19,25H,3-4,16-18H2,1-2H3,(H-,30,31,34,35)/p+1. The van der Waals surface area contributed by atoms with Crippen LogP contribution in [0.1, 0.15) is 42.3 Å². The lowest BCUT2D eigenvalue weighted by molar-refractivity contribution is -0.676. The van der Waals surface area contributed by atoms with Gasteiger partial charge in [0.05, 0.1) is 13.1 Å². The number of fused-ring (bicyclic) bond motifs is 4. The Labute approximate surface area is 210 Å². The first-order valence-corrected chi connectivity index (χ1v) is 12.5. The van der Waals surface area contributed by atoms with Gasteiger partial charge in [0.2, 0.25) is 6.41 Å². The van der Waals surface area contributed by atoms with Crippen LogP contribution >= 0.6 is 0 Å². The smallest absolute Gasteiger partial charge is 0.407 e. The van der Waals surface area contributed by atoms with E-state index in [1.807, 2.05) is 30.3 Å². The molecule has 7 nitrogen and oxygen atoms in total. The molecule has 0 fully saturated rings. The molecule has 1 aromatic heterocycles. The van der Waals surface area contributed by atoms with Crippen molar-refractivity contribution in [1.29, 1.82) is 0 Å². The average molecular weight is 484 g/mol. The summed E-state index contributed by atoms with van der Waals surface area (Å²) in [7, 11) is 0. The third-order valence-electron chi connectivity index (χ3n) is 7.00. The molecule has 0 bridgehead atoms. The molecule has 1 heterocycles. The van der Waals surface area contributed by atoms with Crippen LogP contribution in [-0.2, 0) is 35.7 Å². The molecule has 36 heavy (non-hydrogen) atoms. The Balaban J connectivity index is 1.28. The van der Waals surface area contributed by atoms with Crippen molar-refractivity contribution in [1.82, 2.24) is 15.2 Å². The zero-order valence-electron chi connectivity index (χ0n) is 20.7. The lowest BCUT2D eigenvalue weighted by Gasteiger charge is -2.14. The van der Waals surface area contributed by atoms with E-state index >= 15 is 0 Å². The molecule has 0 radical (unpaired) electrons. The van der Waals surface area contributed by atoms with Gasteiger partial charge >= 0.3 is 6.09 Å². The average Bonchev–Trinajstić information content (AvgIpc) is 3.40. The minimum absolute atomic E-state index is 0.0372. The highest BCUT2D eigenvalue weighted by molar-refractivity contribution is 5.79. The fourth-order valence-electron chi connectivity index (χ4n) is 5.40. The molecule has 1 aliphatic carbocycles.